The second-order valence-electron chi connectivity index (χ2n) is 5.78. The smallest absolute Gasteiger partial charge is 0.406 e. The first-order valence-corrected chi connectivity index (χ1v) is 6.16. The molecule has 0 heterocycles. The van der Waals surface area contributed by atoms with Crippen LogP contribution in [0.3, 0.4) is 0 Å². The fourth-order valence-electron chi connectivity index (χ4n) is 1.54. The summed E-state index contributed by atoms with van der Waals surface area (Å²) in [4.78, 5) is 0. The van der Waals surface area contributed by atoms with Crippen molar-refractivity contribution in [3.63, 3.8) is 0 Å². The van der Waals surface area contributed by atoms with Crippen molar-refractivity contribution in [1.82, 2.24) is 5.32 Å². The van der Waals surface area contributed by atoms with Crippen molar-refractivity contribution in [2.45, 2.75) is 40.1 Å². The van der Waals surface area contributed by atoms with Gasteiger partial charge in [0.25, 0.3) is 0 Å². The monoisotopic (exact) mass is 275 g/mol. The standard InChI is InChI=1S/C14H20F3NO/c1-10(18-9-13(2,3)4)11-5-7-12(8-6-11)19-14(15,16)17/h5-8,10,18H,9H2,1-4H3. The van der Waals surface area contributed by atoms with Crippen molar-refractivity contribution < 1.29 is 17.9 Å². The summed E-state index contributed by atoms with van der Waals surface area (Å²) in [6.07, 6.45) is -4.64. The van der Waals surface area contributed by atoms with Gasteiger partial charge in [-0.2, -0.15) is 0 Å². The summed E-state index contributed by atoms with van der Waals surface area (Å²) in [6.45, 7) is 9.16. The van der Waals surface area contributed by atoms with Crippen LogP contribution >= 0.6 is 0 Å². The summed E-state index contributed by atoms with van der Waals surface area (Å²) in [5, 5.41) is 3.34. The first-order chi connectivity index (χ1) is 8.57. The van der Waals surface area contributed by atoms with Crippen LogP contribution in [-0.4, -0.2) is 12.9 Å². The number of alkyl halides is 3. The Morgan fingerprint density at radius 2 is 1.63 bits per heavy atom. The second-order valence-corrected chi connectivity index (χ2v) is 5.78. The second kappa shape index (κ2) is 5.82. The Balaban J connectivity index is 2.60. The fraction of sp³-hybridized carbons (Fsp3) is 0.571. The molecule has 0 saturated heterocycles. The summed E-state index contributed by atoms with van der Waals surface area (Å²) < 4.78 is 39.9. The van der Waals surface area contributed by atoms with Gasteiger partial charge in [-0.05, 0) is 30.0 Å². The predicted molar refractivity (Wildman–Crippen MR) is 69.0 cm³/mol. The normalized spacial score (nSPS) is 14.3. The van der Waals surface area contributed by atoms with Gasteiger partial charge in [-0.3, -0.25) is 0 Å². The van der Waals surface area contributed by atoms with Gasteiger partial charge in [0.1, 0.15) is 5.75 Å². The van der Waals surface area contributed by atoms with E-state index in [-0.39, 0.29) is 17.2 Å². The molecule has 0 saturated carbocycles. The van der Waals surface area contributed by atoms with E-state index < -0.39 is 6.36 Å². The molecule has 1 N–H and O–H groups in total. The van der Waals surface area contributed by atoms with Crippen LogP contribution in [0.1, 0.15) is 39.3 Å². The van der Waals surface area contributed by atoms with Gasteiger partial charge in [0.05, 0.1) is 0 Å². The molecule has 1 atom stereocenters. The van der Waals surface area contributed by atoms with Crippen LogP contribution in [0.2, 0.25) is 0 Å². The highest BCUT2D eigenvalue weighted by molar-refractivity contribution is 5.29. The van der Waals surface area contributed by atoms with Crippen LogP contribution in [0, 0.1) is 5.41 Å². The van der Waals surface area contributed by atoms with E-state index in [9.17, 15) is 13.2 Å². The van der Waals surface area contributed by atoms with E-state index in [2.05, 4.69) is 30.8 Å². The fourth-order valence-corrected chi connectivity index (χ4v) is 1.54. The molecule has 1 rings (SSSR count). The number of hydrogen-bond acceptors (Lipinski definition) is 2. The van der Waals surface area contributed by atoms with E-state index >= 15 is 0 Å². The van der Waals surface area contributed by atoms with Gasteiger partial charge in [0.15, 0.2) is 0 Å². The van der Waals surface area contributed by atoms with Gasteiger partial charge in [0.2, 0.25) is 0 Å². The molecule has 0 amide bonds. The topological polar surface area (TPSA) is 21.3 Å². The molecule has 0 aliphatic carbocycles. The molecule has 0 radical (unpaired) electrons. The molecular weight excluding hydrogens is 255 g/mol. The molecule has 5 heteroatoms. The Labute approximate surface area is 112 Å². The first kappa shape index (κ1) is 15.8. The molecular formula is C14H20F3NO. The Hall–Kier alpha value is -1.23. The maximum atomic E-state index is 12.0. The maximum absolute atomic E-state index is 12.0. The van der Waals surface area contributed by atoms with E-state index in [1.807, 2.05) is 6.92 Å². The Kier molecular flexibility index (Phi) is 4.85. The third-order valence-electron chi connectivity index (χ3n) is 2.55. The minimum absolute atomic E-state index is 0.0826. The summed E-state index contributed by atoms with van der Waals surface area (Å²) in [6, 6.07) is 6.03. The molecule has 0 bridgehead atoms. The van der Waals surface area contributed by atoms with Crippen molar-refractivity contribution in [3.8, 4) is 5.75 Å². The number of nitrogens with one attached hydrogen (secondary N) is 1. The molecule has 0 aliphatic heterocycles. The zero-order valence-corrected chi connectivity index (χ0v) is 11.6. The van der Waals surface area contributed by atoms with Gasteiger partial charge >= 0.3 is 6.36 Å². The van der Waals surface area contributed by atoms with E-state index in [1.165, 1.54) is 12.1 Å². The van der Waals surface area contributed by atoms with Crippen molar-refractivity contribution in [2.75, 3.05) is 6.54 Å². The van der Waals surface area contributed by atoms with Crippen molar-refractivity contribution in [3.05, 3.63) is 29.8 Å². The Morgan fingerprint density at radius 3 is 2.05 bits per heavy atom. The van der Waals surface area contributed by atoms with Crippen LogP contribution in [0.4, 0.5) is 13.2 Å². The largest absolute Gasteiger partial charge is 0.573 e. The molecule has 0 aliphatic rings. The van der Waals surface area contributed by atoms with Gasteiger partial charge in [-0.1, -0.05) is 32.9 Å². The molecule has 108 valence electrons. The Morgan fingerprint density at radius 1 is 1.11 bits per heavy atom. The SMILES string of the molecule is CC(NCC(C)(C)C)c1ccc(OC(F)(F)F)cc1. The average Bonchev–Trinajstić information content (AvgIpc) is 2.23. The van der Waals surface area contributed by atoms with Crippen molar-refractivity contribution >= 4 is 0 Å². The van der Waals surface area contributed by atoms with Crippen LogP contribution in [-0.2, 0) is 0 Å². The number of ether oxygens (including phenoxy) is 1. The molecule has 1 aromatic rings. The number of halogens is 3. The lowest BCUT2D eigenvalue weighted by atomic mass is 9.96. The van der Waals surface area contributed by atoms with E-state index in [0.717, 1.165) is 12.1 Å². The summed E-state index contributed by atoms with van der Waals surface area (Å²) in [7, 11) is 0. The van der Waals surface area contributed by atoms with Gasteiger partial charge < -0.3 is 10.1 Å². The third kappa shape index (κ3) is 6.47. The lowest BCUT2D eigenvalue weighted by Crippen LogP contribution is -2.29. The quantitative estimate of drug-likeness (QED) is 0.885. The lowest BCUT2D eigenvalue weighted by molar-refractivity contribution is -0.274. The third-order valence-corrected chi connectivity index (χ3v) is 2.55. The molecule has 1 aromatic carbocycles. The zero-order valence-electron chi connectivity index (χ0n) is 11.6. The van der Waals surface area contributed by atoms with Crippen LogP contribution in [0.15, 0.2) is 24.3 Å². The number of hydrogen-bond donors (Lipinski definition) is 1. The molecule has 2 nitrogen and oxygen atoms in total. The highest BCUT2D eigenvalue weighted by Gasteiger charge is 2.31. The van der Waals surface area contributed by atoms with Crippen LogP contribution in [0.25, 0.3) is 0 Å². The first-order valence-electron chi connectivity index (χ1n) is 6.16. The molecule has 0 fully saturated rings. The van der Waals surface area contributed by atoms with Gasteiger partial charge in [0, 0.05) is 12.6 Å². The van der Waals surface area contributed by atoms with E-state index in [4.69, 9.17) is 0 Å². The summed E-state index contributed by atoms with van der Waals surface area (Å²) in [5.74, 6) is -0.195. The highest BCUT2D eigenvalue weighted by atomic mass is 19.4. The minimum atomic E-state index is -4.64. The predicted octanol–water partition coefficient (Wildman–Crippen LogP) is 4.28. The van der Waals surface area contributed by atoms with E-state index in [0.29, 0.717) is 0 Å². The van der Waals surface area contributed by atoms with Crippen molar-refractivity contribution in [1.29, 1.82) is 0 Å². The maximum Gasteiger partial charge on any atom is 0.573 e. The zero-order chi connectivity index (χ0) is 14.7. The minimum Gasteiger partial charge on any atom is -0.406 e. The number of rotatable bonds is 4. The summed E-state index contributed by atoms with van der Waals surface area (Å²) in [5.41, 5.74) is 1.09. The molecule has 19 heavy (non-hydrogen) atoms. The van der Waals surface area contributed by atoms with Crippen LogP contribution < -0.4 is 10.1 Å². The van der Waals surface area contributed by atoms with Gasteiger partial charge in [-0.15, -0.1) is 13.2 Å². The molecule has 0 aromatic heterocycles. The van der Waals surface area contributed by atoms with Crippen LogP contribution in [0.5, 0.6) is 5.75 Å². The number of benzene rings is 1. The van der Waals surface area contributed by atoms with Gasteiger partial charge in [-0.25, -0.2) is 0 Å². The van der Waals surface area contributed by atoms with E-state index in [1.54, 1.807) is 12.1 Å². The highest BCUT2D eigenvalue weighted by Crippen LogP contribution is 2.24. The summed E-state index contributed by atoms with van der Waals surface area (Å²) >= 11 is 0. The Bertz CT molecular complexity index is 393. The molecule has 0 spiro atoms. The average molecular weight is 275 g/mol. The van der Waals surface area contributed by atoms with Crippen molar-refractivity contribution in [2.24, 2.45) is 5.41 Å². The molecule has 1 unspecified atom stereocenters. The lowest BCUT2D eigenvalue weighted by Gasteiger charge is -2.23.